The number of nitrogens with two attached hydrogens (primary N) is 1. The summed E-state index contributed by atoms with van der Waals surface area (Å²) in [6.45, 7) is 0. The number of nitrogen functional groups attached to an aromatic ring is 1. The lowest BCUT2D eigenvalue weighted by Gasteiger charge is -2.01. The van der Waals surface area contributed by atoms with E-state index in [-0.39, 0.29) is 5.75 Å². The number of benzene rings is 1. The first-order chi connectivity index (χ1) is 8.66. The molecule has 0 amide bonds. The second kappa shape index (κ2) is 3.77. The molecule has 4 nitrogen and oxygen atoms in total. The number of nitrogens with zero attached hydrogens (tertiary/aromatic N) is 2. The molecule has 2 heterocycles. The predicted molar refractivity (Wildman–Crippen MR) is 72.2 cm³/mol. The van der Waals surface area contributed by atoms with Crippen molar-refractivity contribution < 1.29 is 5.11 Å². The summed E-state index contributed by atoms with van der Waals surface area (Å²) in [5.74, 6) is 0.257. The van der Waals surface area contributed by atoms with E-state index in [4.69, 9.17) is 5.73 Å². The molecule has 0 aliphatic carbocycles. The first-order valence-electron chi connectivity index (χ1n) is 5.66. The van der Waals surface area contributed by atoms with E-state index in [2.05, 4.69) is 4.98 Å². The molecule has 90 valence electrons. The van der Waals surface area contributed by atoms with Crippen LogP contribution in [-0.2, 0) is 7.05 Å². The van der Waals surface area contributed by atoms with Crippen LogP contribution < -0.4 is 5.73 Å². The summed E-state index contributed by atoms with van der Waals surface area (Å²) in [7, 11) is 1.94. The van der Waals surface area contributed by atoms with Crippen molar-refractivity contribution in [3.05, 3.63) is 42.7 Å². The molecule has 18 heavy (non-hydrogen) atoms. The maximum absolute atomic E-state index is 10.0. The van der Waals surface area contributed by atoms with Gasteiger partial charge >= 0.3 is 0 Å². The van der Waals surface area contributed by atoms with Gasteiger partial charge in [0.2, 0.25) is 0 Å². The number of aromatic hydroxyl groups is 1. The molecule has 2 aromatic heterocycles. The molecular weight excluding hydrogens is 226 g/mol. The number of aryl methyl sites for hydroxylation is 1. The monoisotopic (exact) mass is 239 g/mol. The van der Waals surface area contributed by atoms with Crippen LogP contribution in [0.4, 0.5) is 5.69 Å². The summed E-state index contributed by atoms with van der Waals surface area (Å²) in [5.41, 5.74) is 9.05. The average Bonchev–Trinajstić information content (AvgIpc) is 2.69. The van der Waals surface area contributed by atoms with Gasteiger partial charge in [-0.3, -0.25) is 4.98 Å². The molecule has 4 heteroatoms. The smallest absolute Gasteiger partial charge is 0.125 e. The lowest BCUT2D eigenvalue weighted by atomic mass is 10.1. The number of fused-ring (bicyclic) bond motifs is 1. The molecule has 0 fully saturated rings. The van der Waals surface area contributed by atoms with Crippen LogP contribution in [0.3, 0.4) is 0 Å². The SMILES string of the molecule is Cn1cc(-c2cc(N)ccn2)c2c(O)cccc21. The highest BCUT2D eigenvalue weighted by Gasteiger charge is 2.12. The Balaban J connectivity index is 2.36. The minimum absolute atomic E-state index is 0.257. The van der Waals surface area contributed by atoms with Crippen LogP contribution >= 0.6 is 0 Å². The Bertz CT molecular complexity index is 731. The zero-order chi connectivity index (χ0) is 12.7. The molecule has 3 aromatic rings. The number of phenols is 1. The van der Waals surface area contributed by atoms with Gasteiger partial charge in [0, 0.05) is 30.7 Å². The van der Waals surface area contributed by atoms with Crippen LogP contribution in [0.5, 0.6) is 5.75 Å². The van der Waals surface area contributed by atoms with Gasteiger partial charge in [0.1, 0.15) is 5.75 Å². The molecule has 0 aliphatic rings. The van der Waals surface area contributed by atoms with E-state index in [1.165, 1.54) is 0 Å². The van der Waals surface area contributed by atoms with Gasteiger partial charge in [-0.25, -0.2) is 0 Å². The van der Waals surface area contributed by atoms with Gasteiger partial charge in [-0.15, -0.1) is 0 Å². The summed E-state index contributed by atoms with van der Waals surface area (Å²) in [6.07, 6.45) is 3.62. The van der Waals surface area contributed by atoms with Gasteiger partial charge < -0.3 is 15.4 Å². The molecule has 0 atom stereocenters. The van der Waals surface area contributed by atoms with Crippen molar-refractivity contribution in [2.24, 2.45) is 7.05 Å². The van der Waals surface area contributed by atoms with Gasteiger partial charge in [-0.2, -0.15) is 0 Å². The largest absolute Gasteiger partial charge is 0.507 e. The molecule has 0 saturated carbocycles. The van der Waals surface area contributed by atoms with E-state index in [0.29, 0.717) is 5.69 Å². The van der Waals surface area contributed by atoms with E-state index < -0.39 is 0 Å². The third-order valence-corrected chi connectivity index (χ3v) is 3.05. The quantitative estimate of drug-likeness (QED) is 0.685. The Kier molecular flexibility index (Phi) is 2.23. The molecule has 0 radical (unpaired) electrons. The minimum Gasteiger partial charge on any atom is -0.507 e. The summed E-state index contributed by atoms with van der Waals surface area (Å²) in [5, 5.41) is 10.8. The Morgan fingerprint density at radius 1 is 1.28 bits per heavy atom. The van der Waals surface area contributed by atoms with Gasteiger partial charge in [-0.1, -0.05) is 6.07 Å². The Hall–Kier alpha value is -2.49. The van der Waals surface area contributed by atoms with E-state index in [0.717, 1.165) is 22.2 Å². The van der Waals surface area contributed by atoms with Gasteiger partial charge in [-0.05, 0) is 24.3 Å². The van der Waals surface area contributed by atoms with E-state index in [9.17, 15) is 5.11 Å². The average molecular weight is 239 g/mol. The highest BCUT2D eigenvalue weighted by molar-refractivity contribution is 5.99. The Morgan fingerprint density at radius 3 is 2.89 bits per heavy atom. The molecule has 0 aliphatic heterocycles. The fourth-order valence-corrected chi connectivity index (χ4v) is 2.21. The number of hydrogen-bond donors (Lipinski definition) is 2. The standard InChI is InChI=1S/C14H13N3O/c1-17-8-10(11-7-9(15)5-6-16-11)14-12(17)3-2-4-13(14)18/h2-8,18H,1H3,(H2,15,16). The van der Waals surface area contributed by atoms with Crippen molar-refractivity contribution in [1.82, 2.24) is 9.55 Å². The van der Waals surface area contributed by atoms with Gasteiger partial charge in [0.25, 0.3) is 0 Å². The number of pyridine rings is 1. The van der Waals surface area contributed by atoms with Crippen LogP contribution in [0, 0.1) is 0 Å². The van der Waals surface area contributed by atoms with Crippen molar-refractivity contribution in [2.45, 2.75) is 0 Å². The molecule has 1 aromatic carbocycles. The van der Waals surface area contributed by atoms with Crippen molar-refractivity contribution in [2.75, 3.05) is 5.73 Å². The molecule has 3 N–H and O–H groups in total. The third-order valence-electron chi connectivity index (χ3n) is 3.05. The van der Waals surface area contributed by atoms with Gasteiger partial charge in [0.05, 0.1) is 16.6 Å². The fourth-order valence-electron chi connectivity index (χ4n) is 2.21. The number of hydrogen-bond acceptors (Lipinski definition) is 3. The molecule has 0 unspecified atom stereocenters. The maximum Gasteiger partial charge on any atom is 0.125 e. The van der Waals surface area contributed by atoms with Crippen LogP contribution in [0.25, 0.3) is 22.2 Å². The first-order valence-corrected chi connectivity index (χ1v) is 5.66. The van der Waals surface area contributed by atoms with Crippen LogP contribution in [0.15, 0.2) is 42.7 Å². The van der Waals surface area contributed by atoms with E-state index in [1.807, 2.05) is 29.9 Å². The fraction of sp³-hybridized carbons (Fsp3) is 0.0714. The first kappa shape index (κ1) is 10.7. The Labute approximate surface area is 104 Å². The number of rotatable bonds is 1. The normalized spacial score (nSPS) is 10.9. The number of anilines is 1. The van der Waals surface area contributed by atoms with Crippen LogP contribution in [0.2, 0.25) is 0 Å². The second-order valence-corrected chi connectivity index (χ2v) is 4.30. The zero-order valence-electron chi connectivity index (χ0n) is 9.96. The van der Waals surface area contributed by atoms with E-state index >= 15 is 0 Å². The zero-order valence-corrected chi connectivity index (χ0v) is 9.96. The van der Waals surface area contributed by atoms with Crippen molar-refractivity contribution in [1.29, 1.82) is 0 Å². The van der Waals surface area contributed by atoms with E-state index in [1.54, 1.807) is 24.4 Å². The van der Waals surface area contributed by atoms with Crippen LogP contribution in [-0.4, -0.2) is 14.7 Å². The molecule has 0 saturated heterocycles. The minimum atomic E-state index is 0.257. The third kappa shape index (κ3) is 1.50. The number of phenolic OH excluding ortho intramolecular Hbond substituents is 1. The lowest BCUT2D eigenvalue weighted by Crippen LogP contribution is -1.88. The second-order valence-electron chi connectivity index (χ2n) is 4.30. The highest BCUT2D eigenvalue weighted by atomic mass is 16.3. The van der Waals surface area contributed by atoms with Crippen molar-refractivity contribution in [3.8, 4) is 17.0 Å². The molecule has 3 rings (SSSR count). The highest BCUT2D eigenvalue weighted by Crippen LogP contribution is 2.35. The molecular formula is C14H13N3O. The van der Waals surface area contributed by atoms with Gasteiger partial charge in [0.15, 0.2) is 0 Å². The summed E-state index contributed by atoms with van der Waals surface area (Å²) in [4.78, 5) is 4.31. The summed E-state index contributed by atoms with van der Waals surface area (Å²) >= 11 is 0. The summed E-state index contributed by atoms with van der Waals surface area (Å²) in [6, 6.07) is 9.02. The van der Waals surface area contributed by atoms with Crippen molar-refractivity contribution in [3.63, 3.8) is 0 Å². The van der Waals surface area contributed by atoms with Crippen LogP contribution in [0.1, 0.15) is 0 Å². The predicted octanol–water partition coefficient (Wildman–Crippen LogP) is 2.53. The summed E-state index contributed by atoms with van der Waals surface area (Å²) < 4.78 is 1.97. The molecule has 0 bridgehead atoms. The lowest BCUT2D eigenvalue weighted by molar-refractivity contribution is 0.482. The number of aromatic nitrogens is 2. The topological polar surface area (TPSA) is 64.1 Å². The van der Waals surface area contributed by atoms with Crippen molar-refractivity contribution >= 4 is 16.6 Å². The Morgan fingerprint density at radius 2 is 2.11 bits per heavy atom. The molecule has 0 spiro atoms. The maximum atomic E-state index is 10.0.